The third-order valence-corrected chi connectivity index (χ3v) is 5.39. The molecule has 7 nitrogen and oxygen atoms in total. The molecule has 1 heterocycles. The van der Waals surface area contributed by atoms with E-state index in [0.717, 1.165) is 21.0 Å². The highest BCUT2D eigenvalue weighted by molar-refractivity contribution is 7.92. The van der Waals surface area contributed by atoms with Gasteiger partial charge in [0.1, 0.15) is 12.3 Å². The topological polar surface area (TPSA) is 110 Å². The van der Waals surface area contributed by atoms with Gasteiger partial charge in [0.2, 0.25) is 0 Å². The Morgan fingerprint density at radius 2 is 2.08 bits per heavy atom. The fourth-order valence-corrected chi connectivity index (χ4v) is 3.97. The van der Waals surface area contributed by atoms with Gasteiger partial charge >= 0.3 is 10.2 Å². The number of hydrogen-bond donors (Lipinski definition) is 2. The summed E-state index contributed by atoms with van der Waals surface area (Å²) < 4.78 is 26.4. The molecule has 0 atom stereocenters. The number of phenolic OH excluding ortho intramolecular Hbond substituents is 1. The van der Waals surface area contributed by atoms with Crippen molar-refractivity contribution in [2.24, 2.45) is 0 Å². The lowest BCUT2D eigenvalue weighted by Gasteiger charge is -2.17. The number of amides is 1. The summed E-state index contributed by atoms with van der Waals surface area (Å²) in [7, 11) is -3.97. The Morgan fingerprint density at radius 3 is 2.68 bits per heavy atom. The first kappa shape index (κ1) is 16.8. The van der Waals surface area contributed by atoms with Crippen LogP contribution in [-0.2, 0) is 21.4 Å². The van der Waals surface area contributed by atoms with Crippen LogP contribution in [0.3, 0.4) is 0 Å². The number of nitrogens with one attached hydrogen (secondary N) is 1. The van der Waals surface area contributed by atoms with Crippen molar-refractivity contribution in [1.29, 1.82) is 5.26 Å². The number of nitriles is 1. The summed E-state index contributed by atoms with van der Waals surface area (Å²) in [6.07, 6.45) is 0.419. The van der Waals surface area contributed by atoms with Crippen molar-refractivity contribution in [3.8, 4) is 11.8 Å². The first-order valence-corrected chi connectivity index (χ1v) is 8.89. The van der Waals surface area contributed by atoms with E-state index in [0.29, 0.717) is 12.0 Å². The third kappa shape index (κ3) is 3.14. The lowest BCUT2D eigenvalue weighted by molar-refractivity contribution is -0.117. The van der Waals surface area contributed by atoms with Crippen molar-refractivity contribution >= 4 is 21.8 Å². The predicted octanol–water partition coefficient (Wildman–Crippen LogP) is 1.34. The lowest BCUT2D eigenvalue weighted by Crippen LogP contribution is -2.29. The van der Waals surface area contributed by atoms with E-state index in [-0.39, 0.29) is 18.0 Å². The van der Waals surface area contributed by atoms with Crippen molar-refractivity contribution in [3.63, 3.8) is 0 Å². The standard InChI is InChI=1S/C17H15N3O4S/c1-11-3-2-4-13(14(11)9-18)7-12-5-6-15(16(21)8-12)20-10-17(22)19-25(20,23)24/h2-6,8,21H,7,10H2,1H3,(H,19,22). The number of phenols is 1. The zero-order valence-electron chi connectivity index (χ0n) is 13.4. The molecule has 1 fully saturated rings. The van der Waals surface area contributed by atoms with Gasteiger partial charge in [0, 0.05) is 0 Å². The first-order valence-electron chi connectivity index (χ1n) is 7.45. The minimum atomic E-state index is -3.97. The molecule has 8 heteroatoms. The van der Waals surface area contributed by atoms with Gasteiger partial charge in [-0.2, -0.15) is 13.7 Å². The molecular formula is C17H15N3O4S. The van der Waals surface area contributed by atoms with Crippen LogP contribution in [0.4, 0.5) is 5.69 Å². The number of rotatable bonds is 3. The maximum absolute atomic E-state index is 11.9. The van der Waals surface area contributed by atoms with Gasteiger partial charge in [0.05, 0.1) is 17.3 Å². The maximum atomic E-state index is 11.9. The van der Waals surface area contributed by atoms with Crippen molar-refractivity contribution in [2.45, 2.75) is 13.3 Å². The molecule has 0 bridgehead atoms. The Balaban J connectivity index is 1.93. The number of hydrogen-bond acceptors (Lipinski definition) is 5. The summed E-state index contributed by atoms with van der Waals surface area (Å²) in [5, 5.41) is 19.5. The lowest BCUT2D eigenvalue weighted by atomic mass is 9.97. The van der Waals surface area contributed by atoms with Gasteiger partial charge in [-0.05, 0) is 42.2 Å². The highest BCUT2D eigenvalue weighted by Crippen LogP contribution is 2.32. The normalized spacial score (nSPS) is 15.7. The molecule has 0 spiro atoms. The molecule has 2 aromatic carbocycles. The van der Waals surface area contributed by atoms with Gasteiger partial charge in [-0.1, -0.05) is 24.3 Å². The monoisotopic (exact) mass is 357 g/mol. The van der Waals surface area contributed by atoms with Gasteiger partial charge in [-0.15, -0.1) is 0 Å². The van der Waals surface area contributed by atoms with E-state index in [1.165, 1.54) is 12.1 Å². The minimum Gasteiger partial charge on any atom is -0.506 e. The van der Waals surface area contributed by atoms with Crippen LogP contribution in [-0.4, -0.2) is 26.0 Å². The molecule has 0 aliphatic carbocycles. The Morgan fingerprint density at radius 1 is 1.32 bits per heavy atom. The Kier molecular flexibility index (Phi) is 4.10. The molecule has 128 valence electrons. The molecule has 1 saturated heterocycles. The number of carbonyl (C=O) groups is 1. The van der Waals surface area contributed by atoms with E-state index < -0.39 is 16.1 Å². The van der Waals surface area contributed by atoms with Gasteiger partial charge < -0.3 is 5.11 Å². The van der Waals surface area contributed by atoms with Crippen LogP contribution in [0.25, 0.3) is 0 Å². The second kappa shape index (κ2) is 6.11. The van der Waals surface area contributed by atoms with Gasteiger partial charge in [-0.3, -0.25) is 4.79 Å². The van der Waals surface area contributed by atoms with E-state index in [1.807, 2.05) is 29.8 Å². The molecule has 0 saturated carbocycles. The van der Waals surface area contributed by atoms with Crippen LogP contribution in [0, 0.1) is 18.3 Å². The summed E-state index contributed by atoms with van der Waals surface area (Å²) in [5.41, 5.74) is 3.03. The first-order chi connectivity index (χ1) is 11.8. The van der Waals surface area contributed by atoms with E-state index >= 15 is 0 Å². The van der Waals surface area contributed by atoms with Crippen LogP contribution in [0.5, 0.6) is 5.75 Å². The average molecular weight is 357 g/mol. The molecule has 25 heavy (non-hydrogen) atoms. The fourth-order valence-electron chi connectivity index (χ4n) is 2.81. The zero-order valence-corrected chi connectivity index (χ0v) is 14.2. The highest BCUT2D eigenvalue weighted by Gasteiger charge is 2.35. The van der Waals surface area contributed by atoms with Crippen molar-refractivity contribution < 1.29 is 18.3 Å². The summed E-state index contributed by atoms with van der Waals surface area (Å²) in [5.74, 6) is -0.898. The Labute approximate surface area is 145 Å². The molecule has 1 amide bonds. The quantitative estimate of drug-likeness (QED) is 0.861. The smallest absolute Gasteiger partial charge is 0.326 e. The van der Waals surface area contributed by atoms with E-state index in [4.69, 9.17) is 0 Å². The summed E-state index contributed by atoms with van der Waals surface area (Å²) >= 11 is 0. The third-order valence-electron chi connectivity index (χ3n) is 3.99. The predicted molar refractivity (Wildman–Crippen MR) is 91.2 cm³/mol. The number of benzene rings is 2. The molecule has 0 radical (unpaired) electrons. The molecule has 3 rings (SSSR count). The number of carbonyl (C=O) groups excluding carboxylic acids is 1. The summed E-state index contributed by atoms with van der Waals surface area (Å²) in [4.78, 5) is 11.3. The minimum absolute atomic E-state index is 0.0341. The van der Waals surface area contributed by atoms with Crippen LogP contribution in [0.2, 0.25) is 0 Å². The fraction of sp³-hybridized carbons (Fsp3) is 0.176. The van der Waals surface area contributed by atoms with Crippen LogP contribution >= 0.6 is 0 Å². The average Bonchev–Trinajstić information content (AvgIpc) is 2.80. The van der Waals surface area contributed by atoms with E-state index in [1.54, 1.807) is 6.07 Å². The number of aryl methyl sites for hydroxylation is 1. The van der Waals surface area contributed by atoms with E-state index in [9.17, 15) is 23.6 Å². The number of nitrogens with zero attached hydrogens (tertiary/aromatic N) is 2. The molecule has 2 N–H and O–H groups in total. The van der Waals surface area contributed by atoms with Crippen molar-refractivity contribution in [1.82, 2.24) is 4.72 Å². The van der Waals surface area contributed by atoms with E-state index in [2.05, 4.69) is 6.07 Å². The van der Waals surface area contributed by atoms with Gasteiger partial charge in [-0.25, -0.2) is 9.03 Å². The SMILES string of the molecule is Cc1cccc(Cc2ccc(N3CC(=O)NS3(=O)=O)c(O)c2)c1C#N. The molecule has 0 unspecified atom stereocenters. The molecular weight excluding hydrogens is 342 g/mol. The zero-order chi connectivity index (χ0) is 18.2. The summed E-state index contributed by atoms with van der Waals surface area (Å²) in [6.45, 7) is 1.48. The highest BCUT2D eigenvalue weighted by atomic mass is 32.2. The van der Waals surface area contributed by atoms with Gasteiger partial charge in [0.25, 0.3) is 5.91 Å². The largest absolute Gasteiger partial charge is 0.506 e. The van der Waals surface area contributed by atoms with Crippen LogP contribution in [0.15, 0.2) is 36.4 Å². The molecule has 1 aliphatic rings. The van der Waals surface area contributed by atoms with Crippen LogP contribution in [0.1, 0.15) is 22.3 Å². The Hall–Kier alpha value is -3.05. The Bertz CT molecular complexity index is 1010. The summed E-state index contributed by atoms with van der Waals surface area (Å²) in [6, 6.07) is 12.3. The van der Waals surface area contributed by atoms with Crippen molar-refractivity contribution in [2.75, 3.05) is 10.8 Å². The van der Waals surface area contributed by atoms with Crippen LogP contribution < -0.4 is 9.03 Å². The number of anilines is 1. The maximum Gasteiger partial charge on any atom is 0.326 e. The second-order valence-electron chi connectivity index (χ2n) is 5.76. The van der Waals surface area contributed by atoms with Crippen molar-refractivity contribution in [3.05, 3.63) is 58.7 Å². The number of aromatic hydroxyl groups is 1. The molecule has 2 aromatic rings. The second-order valence-corrected chi connectivity index (χ2v) is 7.35. The molecule has 0 aromatic heterocycles. The van der Waals surface area contributed by atoms with Gasteiger partial charge in [0.15, 0.2) is 0 Å². The molecule has 1 aliphatic heterocycles.